The maximum absolute atomic E-state index is 14.0. The lowest BCUT2D eigenvalue weighted by atomic mass is 10.1. The molecule has 1 atom stereocenters. The number of hydrogen-bond acceptors (Lipinski definition) is 7. The van der Waals surface area contributed by atoms with Crippen LogP contribution in [0.15, 0.2) is 77.7 Å². The Kier molecular flexibility index (Phi) is 11.0. The standard InChI is InChI=1S/C30H36N4O7S/c1-5-18-31-30(36)23(3)32(19-17-24-9-7-6-8-10-24)29(35)21-33(25-12-14-26(41-4)15-13-25)42(39,40)27-16-11-22(2)28(20-27)34(37)38/h6-16,20,23H,5,17-19,21H2,1-4H3,(H,31,36). The van der Waals surface area contributed by atoms with Crippen LogP contribution in [0, 0.1) is 17.0 Å². The van der Waals surface area contributed by atoms with Crippen molar-refractivity contribution in [3.8, 4) is 5.75 Å². The first kappa shape index (κ1) is 32.1. The second-order valence-corrected chi connectivity index (χ2v) is 11.6. The molecule has 0 radical (unpaired) electrons. The van der Waals surface area contributed by atoms with Gasteiger partial charge in [-0.2, -0.15) is 0 Å². The van der Waals surface area contributed by atoms with Gasteiger partial charge in [-0.3, -0.25) is 24.0 Å². The fourth-order valence-electron chi connectivity index (χ4n) is 4.32. The van der Waals surface area contributed by atoms with Crippen LogP contribution in [0.1, 0.15) is 31.4 Å². The van der Waals surface area contributed by atoms with Gasteiger partial charge >= 0.3 is 0 Å². The lowest BCUT2D eigenvalue weighted by Crippen LogP contribution is -2.52. The summed E-state index contributed by atoms with van der Waals surface area (Å²) in [6.07, 6.45) is 1.15. The number of benzene rings is 3. The molecule has 0 aliphatic heterocycles. The zero-order valence-electron chi connectivity index (χ0n) is 24.1. The van der Waals surface area contributed by atoms with E-state index in [4.69, 9.17) is 4.74 Å². The average Bonchev–Trinajstić information content (AvgIpc) is 2.99. The van der Waals surface area contributed by atoms with Crippen LogP contribution in [0.4, 0.5) is 11.4 Å². The van der Waals surface area contributed by atoms with Crippen molar-refractivity contribution in [1.29, 1.82) is 0 Å². The molecule has 3 aromatic rings. The Labute approximate surface area is 246 Å². The Hall–Kier alpha value is -4.45. The molecule has 224 valence electrons. The van der Waals surface area contributed by atoms with Crippen LogP contribution in [0.2, 0.25) is 0 Å². The Morgan fingerprint density at radius 2 is 1.71 bits per heavy atom. The number of hydrogen-bond donors (Lipinski definition) is 1. The van der Waals surface area contributed by atoms with Crippen molar-refractivity contribution in [2.24, 2.45) is 0 Å². The molecule has 0 spiro atoms. The van der Waals surface area contributed by atoms with Gasteiger partial charge < -0.3 is 15.0 Å². The molecule has 0 bridgehead atoms. The zero-order valence-corrected chi connectivity index (χ0v) is 25.0. The largest absolute Gasteiger partial charge is 0.497 e. The molecular formula is C30H36N4O7S. The van der Waals surface area contributed by atoms with Crippen LogP contribution in [-0.4, -0.2) is 62.8 Å². The average molecular weight is 597 g/mol. The van der Waals surface area contributed by atoms with Crippen LogP contribution in [0.3, 0.4) is 0 Å². The van der Waals surface area contributed by atoms with Gasteiger partial charge in [0.05, 0.1) is 22.6 Å². The smallest absolute Gasteiger partial charge is 0.273 e. The summed E-state index contributed by atoms with van der Waals surface area (Å²) in [5.41, 5.74) is 1.04. The summed E-state index contributed by atoms with van der Waals surface area (Å²) in [7, 11) is -3.00. The maximum Gasteiger partial charge on any atom is 0.273 e. The third kappa shape index (κ3) is 7.84. The number of nitro benzene ring substituents is 1. The van der Waals surface area contributed by atoms with Gasteiger partial charge in [-0.15, -0.1) is 0 Å². The van der Waals surface area contributed by atoms with Crippen LogP contribution in [-0.2, 0) is 26.0 Å². The van der Waals surface area contributed by atoms with Gasteiger partial charge in [0.15, 0.2) is 0 Å². The summed E-state index contributed by atoms with van der Waals surface area (Å²) < 4.78 is 34.0. The van der Waals surface area contributed by atoms with E-state index in [1.54, 1.807) is 19.1 Å². The topological polar surface area (TPSA) is 139 Å². The van der Waals surface area contributed by atoms with Crippen LogP contribution >= 0.6 is 0 Å². The molecule has 1 N–H and O–H groups in total. The molecule has 11 nitrogen and oxygen atoms in total. The summed E-state index contributed by atoms with van der Waals surface area (Å²) in [6, 6.07) is 18.2. The highest BCUT2D eigenvalue weighted by atomic mass is 32.2. The number of nitrogens with one attached hydrogen (secondary N) is 1. The second kappa shape index (κ2) is 14.4. The Morgan fingerprint density at radius 1 is 1.05 bits per heavy atom. The number of carbonyl (C=O) groups excluding carboxylic acids is 2. The quantitative estimate of drug-likeness (QED) is 0.218. The third-order valence-electron chi connectivity index (χ3n) is 6.81. The van der Waals surface area contributed by atoms with E-state index in [-0.39, 0.29) is 28.7 Å². The minimum Gasteiger partial charge on any atom is -0.497 e. The fraction of sp³-hybridized carbons (Fsp3) is 0.333. The summed E-state index contributed by atoms with van der Waals surface area (Å²) in [4.78, 5) is 38.8. The molecule has 0 saturated heterocycles. The van der Waals surface area contributed by atoms with Crippen LogP contribution in [0.5, 0.6) is 5.75 Å². The Balaban J connectivity index is 2.03. The van der Waals surface area contributed by atoms with Crippen molar-refractivity contribution in [3.63, 3.8) is 0 Å². The molecule has 2 amide bonds. The van der Waals surface area contributed by atoms with Crippen molar-refractivity contribution >= 4 is 33.2 Å². The molecule has 3 rings (SSSR count). The summed E-state index contributed by atoms with van der Waals surface area (Å²) in [5.74, 6) is -0.489. The monoisotopic (exact) mass is 596 g/mol. The van der Waals surface area contributed by atoms with Gasteiger partial charge in [-0.25, -0.2) is 8.42 Å². The second-order valence-electron chi connectivity index (χ2n) is 9.70. The van der Waals surface area contributed by atoms with E-state index in [2.05, 4.69) is 5.32 Å². The molecule has 12 heteroatoms. The molecule has 3 aromatic carbocycles. The lowest BCUT2D eigenvalue weighted by molar-refractivity contribution is -0.385. The highest BCUT2D eigenvalue weighted by Gasteiger charge is 2.33. The summed E-state index contributed by atoms with van der Waals surface area (Å²) in [5, 5.41) is 14.4. The van der Waals surface area contributed by atoms with E-state index < -0.39 is 33.4 Å². The minimum absolute atomic E-state index is 0.151. The van der Waals surface area contributed by atoms with Gasteiger partial charge in [-0.1, -0.05) is 43.3 Å². The van der Waals surface area contributed by atoms with Gasteiger partial charge in [0.25, 0.3) is 15.7 Å². The third-order valence-corrected chi connectivity index (χ3v) is 8.58. The van der Waals surface area contributed by atoms with Crippen LogP contribution in [0.25, 0.3) is 0 Å². The van der Waals surface area contributed by atoms with E-state index in [9.17, 15) is 28.1 Å². The molecular weight excluding hydrogens is 560 g/mol. The molecule has 0 fully saturated rings. The fourth-order valence-corrected chi connectivity index (χ4v) is 5.75. The molecule has 0 heterocycles. The van der Waals surface area contributed by atoms with E-state index in [1.165, 1.54) is 43.2 Å². The normalized spacial score (nSPS) is 11.8. The number of amides is 2. The number of anilines is 1. The van der Waals surface area contributed by atoms with Crippen molar-refractivity contribution in [1.82, 2.24) is 10.2 Å². The molecule has 1 unspecified atom stereocenters. The Morgan fingerprint density at radius 3 is 2.31 bits per heavy atom. The first-order valence-corrected chi connectivity index (χ1v) is 15.0. The summed E-state index contributed by atoms with van der Waals surface area (Å²) in [6.45, 7) is 4.98. The number of carbonyl (C=O) groups is 2. The van der Waals surface area contributed by atoms with Crippen molar-refractivity contribution in [2.45, 2.75) is 44.6 Å². The van der Waals surface area contributed by atoms with E-state index >= 15 is 0 Å². The number of rotatable bonds is 14. The molecule has 42 heavy (non-hydrogen) atoms. The van der Waals surface area contributed by atoms with Gasteiger partial charge in [-0.05, 0) is 62.6 Å². The highest BCUT2D eigenvalue weighted by molar-refractivity contribution is 7.92. The van der Waals surface area contributed by atoms with Crippen LogP contribution < -0.4 is 14.4 Å². The van der Waals surface area contributed by atoms with Gasteiger partial charge in [0.2, 0.25) is 11.8 Å². The summed E-state index contributed by atoms with van der Waals surface area (Å²) >= 11 is 0. The molecule has 0 aliphatic carbocycles. The SMILES string of the molecule is CCCNC(=O)C(C)N(CCc1ccccc1)C(=O)CN(c1ccc(OC)cc1)S(=O)(=O)c1ccc(C)c([N+](=O)[O-])c1. The molecule has 0 aromatic heterocycles. The van der Waals surface area contributed by atoms with Crippen molar-refractivity contribution in [2.75, 3.05) is 31.0 Å². The number of aryl methyl sites for hydroxylation is 1. The number of sulfonamides is 1. The van der Waals surface area contributed by atoms with E-state index in [0.717, 1.165) is 15.9 Å². The lowest BCUT2D eigenvalue weighted by Gasteiger charge is -2.32. The number of nitrogens with zero attached hydrogens (tertiary/aromatic N) is 3. The highest BCUT2D eigenvalue weighted by Crippen LogP contribution is 2.29. The number of ether oxygens (including phenoxy) is 1. The van der Waals surface area contributed by atoms with Gasteiger partial charge in [0.1, 0.15) is 18.3 Å². The minimum atomic E-state index is -4.46. The Bertz CT molecular complexity index is 1500. The first-order chi connectivity index (χ1) is 20.0. The van der Waals surface area contributed by atoms with Crippen molar-refractivity contribution < 1.29 is 27.7 Å². The van der Waals surface area contributed by atoms with E-state index in [0.29, 0.717) is 30.7 Å². The number of nitro groups is 1. The van der Waals surface area contributed by atoms with Gasteiger partial charge in [0, 0.05) is 24.7 Å². The first-order valence-electron chi connectivity index (χ1n) is 13.5. The predicted octanol–water partition coefficient (Wildman–Crippen LogP) is 4.09. The predicted molar refractivity (Wildman–Crippen MR) is 160 cm³/mol. The zero-order chi connectivity index (χ0) is 30.9. The molecule has 0 saturated carbocycles. The van der Waals surface area contributed by atoms with E-state index in [1.807, 2.05) is 37.3 Å². The number of methoxy groups -OCH3 is 1. The maximum atomic E-state index is 14.0. The van der Waals surface area contributed by atoms with Crippen molar-refractivity contribution in [3.05, 3.63) is 94.0 Å². The molecule has 0 aliphatic rings.